The van der Waals surface area contributed by atoms with E-state index in [0.717, 1.165) is 5.56 Å². The number of amides is 1. The predicted molar refractivity (Wildman–Crippen MR) is 115 cm³/mol. The van der Waals surface area contributed by atoms with Crippen molar-refractivity contribution in [2.24, 2.45) is 0 Å². The number of anilines is 1. The van der Waals surface area contributed by atoms with Crippen LogP contribution in [-0.4, -0.2) is 42.5 Å². The van der Waals surface area contributed by atoms with Crippen LogP contribution >= 0.6 is 0 Å². The molecule has 1 aromatic heterocycles. The first kappa shape index (κ1) is 21.7. The van der Waals surface area contributed by atoms with Gasteiger partial charge in [-0.15, -0.1) is 0 Å². The van der Waals surface area contributed by atoms with Crippen LogP contribution in [-0.2, 0) is 11.3 Å². The number of nitrogens with one attached hydrogen (secondary N) is 1. The Morgan fingerprint density at radius 1 is 1.10 bits per heavy atom. The van der Waals surface area contributed by atoms with Crippen molar-refractivity contribution in [1.82, 2.24) is 15.1 Å². The van der Waals surface area contributed by atoms with Gasteiger partial charge in [0.05, 0.1) is 32.7 Å². The topological polar surface area (TPSA) is 118 Å². The van der Waals surface area contributed by atoms with E-state index < -0.39 is 5.97 Å². The number of esters is 1. The first-order chi connectivity index (χ1) is 15.0. The zero-order chi connectivity index (χ0) is 22.4. The molecule has 1 amide bonds. The molecular formula is C22H24N4O5. The quantitative estimate of drug-likeness (QED) is 0.534. The van der Waals surface area contributed by atoms with Gasteiger partial charge in [-0.2, -0.15) is 5.10 Å². The summed E-state index contributed by atoms with van der Waals surface area (Å²) in [4.78, 5) is 24.5. The van der Waals surface area contributed by atoms with Gasteiger partial charge in [-0.05, 0) is 49.4 Å². The SMILES string of the molecule is CCOC(=O)c1cnn(-c2ccc(C(=O)NCc3cc(OC)ccc3OC)cc2)c1N. The van der Waals surface area contributed by atoms with Gasteiger partial charge >= 0.3 is 5.97 Å². The van der Waals surface area contributed by atoms with Crippen molar-refractivity contribution in [3.63, 3.8) is 0 Å². The van der Waals surface area contributed by atoms with Gasteiger partial charge in [-0.25, -0.2) is 9.48 Å². The molecular weight excluding hydrogens is 400 g/mol. The Labute approximate surface area is 179 Å². The van der Waals surface area contributed by atoms with E-state index in [-0.39, 0.29) is 30.4 Å². The molecule has 9 heteroatoms. The van der Waals surface area contributed by atoms with E-state index in [9.17, 15) is 9.59 Å². The molecule has 0 radical (unpaired) electrons. The summed E-state index contributed by atoms with van der Waals surface area (Å²) >= 11 is 0. The maximum atomic E-state index is 12.6. The third-order valence-corrected chi connectivity index (χ3v) is 4.60. The first-order valence-corrected chi connectivity index (χ1v) is 9.58. The number of aromatic nitrogens is 2. The maximum Gasteiger partial charge on any atom is 0.343 e. The number of methoxy groups -OCH3 is 2. The number of benzene rings is 2. The summed E-state index contributed by atoms with van der Waals surface area (Å²) in [6.45, 7) is 2.23. The lowest BCUT2D eigenvalue weighted by atomic mass is 10.1. The van der Waals surface area contributed by atoms with Gasteiger partial charge < -0.3 is 25.3 Å². The second-order valence-electron chi connectivity index (χ2n) is 6.48. The summed E-state index contributed by atoms with van der Waals surface area (Å²) < 4.78 is 16.9. The molecule has 3 N–H and O–H groups in total. The highest BCUT2D eigenvalue weighted by molar-refractivity contribution is 5.95. The minimum atomic E-state index is -0.532. The van der Waals surface area contributed by atoms with Gasteiger partial charge in [-0.3, -0.25) is 4.79 Å². The lowest BCUT2D eigenvalue weighted by Gasteiger charge is -2.12. The standard InChI is InChI=1S/C22H24N4O5/c1-4-31-22(28)18-13-25-26(20(18)23)16-7-5-14(6-8-16)21(27)24-12-15-11-17(29-2)9-10-19(15)30-3/h5-11,13H,4,12,23H2,1-3H3,(H,24,27). The maximum absolute atomic E-state index is 12.6. The predicted octanol–water partition coefficient (Wildman–Crippen LogP) is 2.58. The second kappa shape index (κ2) is 9.66. The molecule has 0 saturated carbocycles. The Balaban J connectivity index is 1.71. The molecule has 0 spiro atoms. The molecule has 3 rings (SSSR count). The molecule has 0 aliphatic heterocycles. The summed E-state index contributed by atoms with van der Waals surface area (Å²) in [6.07, 6.45) is 1.36. The monoisotopic (exact) mass is 424 g/mol. The van der Waals surface area contributed by atoms with Gasteiger partial charge in [0.1, 0.15) is 22.9 Å². The lowest BCUT2D eigenvalue weighted by Crippen LogP contribution is -2.23. The van der Waals surface area contributed by atoms with Crippen LogP contribution in [0.3, 0.4) is 0 Å². The molecule has 1 heterocycles. The van der Waals surface area contributed by atoms with E-state index in [1.165, 1.54) is 10.9 Å². The molecule has 0 aliphatic carbocycles. The molecule has 162 valence electrons. The Kier molecular flexibility index (Phi) is 6.76. The number of hydrogen-bond acceptors (Lipinski definition) is 7. The van der Waals surface area contributed by atoms with Crippen LogP contribution in [0.5, 0.6) is 11.5 Å². The third-order valence-electron chi connectivity index (χ3n) is 4.60. The minimum absolute atomic E-state index is 0.167. The summed E-state index contributed by atoms with van der Waals surface area (Å²) in [5, 5.41) is 7.00. The molecule has 31 heavy (non-hydrogen) atoms. The second-order valence-corrected chi connectivity index (χ2v) is 6.48. The minimum Gasteiger partial charge on any atom is -0.497 e. The van der Waals surface area contributed by atoms with E-state index in [1.807, 2.05) is 6.07 Å². The summed E-state index contributed by atoms with van der Waals surface area (Å²) in [5.74, 6) is 0.712. The fraction of sp³-hybridized carbons (Fsp3) is 0.227. The van der Waals surface area contributed by atoms with Crippen molar-refractivity contribution in [3.8, 4) is 17.2 Å². The number of nitrogen functional groups attached to an aromatic ring is 1. The molecule has 0 fully saturated rings. The number of nitrogens with zero attached hydrogens (tertiary/aromatic N) is 2. The Bertz CT molecular complexity index is 1080. The zero-order valence-electron chi connectivity index (χ0n) is 17.5. The number of carbonyl (C=O) groups excluding carboxylic acids is 2. The Morgan fingerprint density at radius 3 is 2.48 bits per heavy atom. The van der Waals surface area contributed by atoms with Crippen LogP contribution in [0.4, 0.5) is 5.82 Å². The van der Waals surface area contributed by atoms with Crippen molar-refractivity contribution in [3.05, 3.63) is 65.4 Å². The van der Waals surface area contributed by atoms with Crippen molar-refractivity contribution < 1.29 is 23.8 Å². The number of hydrogen-bond donors (Lipinski definition) is 2. The van der Waals surface area contributed by atoms with Crippen LogP contribution in [0.1, 0.15) is 33.2 Å². The molecule has 9 nitrogen and oxygen atoms in total. The summed E-state index contributed by atoms with van der Waals surface area (Å²) in [7, 11) is 3.15. The summed E-state index contributed by atoms with van der Waals surface area (Å²) in [5.41, 5.74) is 8.08. The van der Waals surface area contributed by atoms with Gasteiger partial charge in [0.2, 0.25) is 0 Å². The van der Waals surface area contributed by atoms with Crippen molar-refractivity contribution >= 4 is 17.7 Å². The van der Waals surface area contributed by atoms with E-state index in [0.29, 0.717) is 22.7 Å². The van der Waals surface area contributed by atoms with E-state index in [2.05, 4.69) is 10.4 Å². The molecule has 3 aromatic rings. The zero-order valence-corrected chi connectivity index (χ0v) is 17.5. The smallest absolute Gasteiger partial charge is 0.343 e. The Hall–Kier alpha value is -4.01. The molecule has 0 unspecified atom stereocenters. The van der Waals surface area contributed by atoms with Crippen molar-refractivity contribution in [1.29, 1.82) is 0 Å². The number of ether oxygens (including phenoxy) is 3. The normalized spacial score (nSPS) is 10.4. The largest absolute Gasteiger partial charge is 0.497 e. The summed E-state index contributed by atoms with van der Waals surface area (Å²) in [6, 6.07) is 12.1. The highest BCUT2D eigenvalue weighted by atomic mass is 16.5. The third kappa shape index (κ3) is 4.77. The highest BCUT2D eigenvalue weighted by Crippen LogP contribution is 2.24. The first-order valence-electron chi connectivity index (χ1n) is 9.58. The van der Waals surface area contributed by atoms with Crippen molar-refractivity contribution in [2.75, 3.05) is 26.6 Å². The van der Waals surface area contributed by atoms with E-state index in [1.54, 1.807) is 57.5 Å². The molecule has 0 atom stereocenters. The molecule has 0 bridgehead atoms. The van der Waals surface area contributed by atoms with Gasteiger partial charge in [-0.1, -0.05) is 0 Å². The van der Waals surface area contributed by atoms with Crippen LogP contribution in [0.2, 0.25) is 0 Å². The molecule has 0 aliphatic rings. The average Bonchev–Trinajstić information content (AvgIpc) is 3.18. The van der Waals surface area contributed by atoms with Crippen LogP contribution in [0.25, 0.3) is 5.69 Å². The van der Waals surface area contributed by atoms with Gasteiger partial charge in [0.25, 0.3) is 5.91 Å². The number of rotatable bonds is 8. The van der Waals surface area contributed by atoms with Crippen molar-refractivity contribution in [2.45, 2.75) is 13.5 Å². The fourth-order valence-electron chi connectivity index (χ4n) is 2.98. The number of nitrogens with two attached hydrogens (primary N) is 1. The van der Waals surface area contributed by atoms with Crippen LogP contribution in [0.15, 0.2) is 48.7 Å². The number of carbonyl (C=O) groups is 2. The highest BCUT2D eigenvalue weighted by Gasteiger charge is 2.17. The van der Waals surface area contributed by atoms with Gasteiger partial charge in [0, 0.05) is 17.7 Å². The lowest BCUT2D eigenvalue weighted by molar-refractivity contribution is 0.0527. The van der Waals surface area contributed by atoms with E-state index >= 15 is 0 Å². The van der Waals surface area contributed by atoms with Gasteiger partial charge in [0.15, 0.2) is 0 Å². The molecule has 0 saturated heterocycles. The van der Waals surface area contributed by atoms with Crippen LogP contribution in [0, 0.1) is 0 Å². The molecule has 2 aromatic carbocycles. The Morgan fingerprint density at radius 2 is 1.84 bits per heavy atom. The van der Waals surface area contributed by atoms with E-state index in [4.69, 9.17) is 19.9 Å². The average molecular weight is 424 g/mol. The van der Waals surface area contributed by atoms with Crippen LogP contribution < -0.4 is 20.5 Å². The fourth-order valence-corrected chi connectivity index (χ4v) is 2.98.